The average Bonchev–Trinajstić information content (AvgIpc) is 2.38. The number of aryl methyl sites for hydroxylation is 1. The molecule has 1 aromatic rings. The maximum atomic E-state index is 12.2. The number of hydrogen-bond acceptors (Lipinski definition) is 4. The average molecular weight is 287 g/mol. The Bertz CT molecular complexity index is 442. The van der Waals surface area contributed by atoms with Gasteiger partial charge in [0.05, 0.1) is 12.7 Å². The summed E-state index contributed by atoms with van der Waals surface area (Å²) >= 11 is 0. The van der Waals surface area contributed by atoms with Crippen molar-refractivity contribution in [3.05, 3.63) is 23.8 Å². The first-order valence-corrected chi connectivity index (χ1v) is 6.60. The van der Waals surface area contributed by atoms with E-state index in [1.54, 1.807) is 19.2 Å². The second-order valence-corrected chi connectivity index (χ2v) is 4.83. The molecule has 0 bridgehead atoms. The summed E-state index contributed by atoms with van der Waals surface area (Å²) in [5.41, 5.74) is 1.94. The van der Waals surface area contributed by atoms with E-state index in [0.717, 1.165) is 30.6 Å². The molecule has 0 saturated heterocycles. The molecule has 112 valence electrons. The van der Waals surface area contributed by atoms with E-state index in [-0.39, 0.29) is 12.4 Å². The molecule has 1 atom stereocenters. The van der Waals surface area contributed by atoms with Crippen molar-refractivity contribution in [3.63, 3.8) is 0 Å². The molecule has 0 aromatic heterocycles. The highest BCUT2D eigenvalue weighted by Crippen LogP contribution is 2.31. The van der Waals surface area contributed by atoms with Gasteiger partial charge in [0.25, 0.3) is 0 Å². The van der Waals surface area contributed by atoms with Crippen LogP contribution in [0.2, 0.25) is 0 Å². The Kier molecular flexibility index (Phi) is 5.14. The van der Waals surface area contributed by atoms with Crippen molar-refractivity contribution in [1.82, 2.24) is 0 Å². The van der Waals surface area contributed by atoms with Gasteiger partial charge in [-0.1, -0.05) is 0 Å². The quantitative estimate of drug-likeness (QED) is 0.869. The molecule has 0 amide bonds. The van der Waals surface area contributed by atoms with Gasteiger partial charge in [-0.15, -0.1) is 0 Å². The van der Waals surface area contributed by atoms with Crippen LogP contribution in [0.3, 0.4) is 0 Å². The van der Waals surface area contributed by atoms with Crippen LogP contribution in [0.4, 0.5) is 14.5 Å². The summed E-state index contributed by atoms with van der Waals surface area (Å²) in [5, 5.41) is 9.81. The van der Waals surface area contributed by atoms with Crippen LogP contribution in [-0.4, -0.2) is 44.6 Å². The molecular weight excluding hydrogens is 268 g/mol. The number of aliphatic hydroxyl groups excluding tert-OH is 1. The highest BCUT2D eigenvalue weighted by Gasteiger charge is 2.20. The third-order valence-corrected chi connectivity index (χ3v) is 3.28. The van der Waals surface area contributed by atoms with E-state index in [1.165, 1.54) is 6.07 Å². The van der Waals surface area contributed by atoms with Crippen molar-refractivity contribution < 1.29 is 23.4 Å². The molecule has 0 saturated carbocycles. The van der Waals surface area contributed by atoms with Crippen molar-refractivity contribution in [2.75, 3.05) is 31.7 Å². The third-order valence-electron chi connectivity index (χ3n) is 3.28. The van der Waals surface area contributed by atoms with Crippen molar-refractivity contribution >= 4 is 5.69 Å². The first kappa shape index (κ1) is 15.0. The predicted octanol–water partition coefficient (Wildman–Crippen LogP) is 2.05. The van der Waals surface area contributed by atoms with E-state index in [2.05, 4.69) is 9.64 Å². The molecule has 0 aliphatic carbocycles. The maximum Gasteiger partial charge on any atom is 0.387 e. The number of nitrogens with zero attached hydrogens (tertiary/aromatic N) is 1. The summed E-state index contributed by atoms with van der Waals surface area (Å²) in [6.07, 6.45) is 1.18. The van der Waals surface area contributed by atoms with Gasteiger partial charge in [-0.2, -0.15) is 8.78 Å². The van der Waals surface area contributed by atoms with Gasteiger partial charge < -0.3 is 19.5 Å². The van der Waals surface area contributed by atoms with Crippen LogP contribution in [0, 0.1) is 0 Å². The fourth-order valence-electron chi connectivity index (χ4n) is 2.52. The number of β-amino-alcohol motifs (C(OH)–C–C–N with tert-alkyl or cyclic N) is 1. The fourth-order valence-corrected chi connectivity index (χ4v) is 2.52. The van der Waals surface area contributed by atoms with Crippen molar-refractivity contribution in [3.8, 4) is 5.75 Å². The number of alkyl halides is 2. The molecule has 1 aromatic carbocycles. The van der Waals surface area contributed by atoms with Crippen molar-refractivity contribution in [2.45, 2.75) is 25.6 Å². The van der Waals surface area contributed by atoms with E-state index < -0.39 is 12.7 Å². The van der Waals surface area contributed by atoms with Gasteiger partial charge in [-0.25, -0.2) is 0 Å². The summed E-state index contributed by atoms with van der Waals surface area (Å²) < 4.78 is 33.7. The molecule has 20 heavy (non-hydrogen) atoms. The van der Waals surface area contributed by atoms with Crippen LogP contribution in [0.15, 0.2) is 18.2 Å². The monoisotopic (exact) mass is 287 g/mol. The minimum atomic E-state index is -2.81. The Morgan fingerprint density at radius 1 is 1.40 bits per heavy atom. The molecule has 0 spiro atoms. The standard InChI is InChI=1S/C14H19F2NO3/c1-19-9-11(18)8-17-6-2-3-10-7-12(20-14(15)16)4-5-13(10)17/h4-5,7,11,14,18H,2-3,6,8-9H2,1H3/t11-/m1/s1. The number of aliphatic hydroxyl groups is 1. The Balaban J connectivity index is 2.11. The van der Waals surface area contributed by atoms with Crippen molar-refractivity contribution in [1.29, 1.82) is 0 Å². The molecule has 1 aliphatic heterocycles. The Labute approximate surface area is 116 Å². The molecule has 0 unspecified atom stereocenters. The minimum absolute atomic E-state index is 0.179. The third kappa shape index (κ3) is 3.80. The molecule has 1 aliphatic rings. The van der Waals surface area contributed by atoms with Gasteiger partial charge >= 0.3 is 6.61 Å². The Hall–Kier alpha value is -1.40. The lowest BCUT2D eigenvalue weighted by Gasteiger charge is -2.33. The molecule has 1 heterocycles. The maximum absolute atomic E-state index is 12.2. The van der Waals surface area contributed by atoms with E-state index in [4.69, 9.17) is 4.74 Å². The number of fused-ring (bicyclic) bond motifs is 1. The summed E-state index contributed by atoms with van der Waals surface area (Å²) in [4.78, 5) is 2.05. The lowest BCUT2D eigenvalue weighted by atomic mass is 10.0. The molecule has 6 heteroatoms. The van der Waals surface area contributed by atoms with Gasteiger partial charge in [0.15, 0.2) is 0 Å². The number of benzene rings is 1. The topological polar surface area (TPSA) is 41.9 Å². The lowest BCUT2D eigenvalue weighted by molar-refractivity contribution is -0.0498. The van der Waals surface area contributed by atoms with E-state index in [9.17, 15) is 13.9 Å². The van der Waals surface area contributed by atoms with E-state index in [1.807, 2.05) is 0 Å². The molecule has 1 N–H and O–H groups in total. The van der Waals surface area contributed by atoms with Crippen LogP contribution in [0.1, 0.15) is 12.0 Å². The normalized spacial score (nSPS) is 16.1. The van der Waals surface area contributed by atoms with Crippen LogP contribution >= 0.6 is 0 Å². The second-order valence-electron chi connectivity index (χ2n) is 4.83. The van der Waals surface area contributed by atoms with E-state index >= 15 is 0 Å². The fraction of sp³-hybridized carbons (Fsp3) is 0.571. The molecule has 2 rings (SSSR count). The number of rotatable bonds is 6. The highest BCUT2D eigenvalue weighted by atomic mass is 19.3. The summed E-state index contributed by atoms with van der Waals surface area (Å²) in [5.74, 6) is 0.179. The zero-order valence-corrected chi connectivity index (χ0v) is 11.4. The van der Waals surface area contributed by atoms with Crippen LogP contribution in [-0.2, 0) is 11.2 Å². The largest absolute Gasteiger partial charge is 0.435 e. The molecule has 4 nitrogen and oxygen atoms in total. The van der Waals surface area contributed by atoms with Gasteiger partial charge in [0.1, 0.15) is 5.75 Å². The van der Waals surface area contributed by atoms with Crippen LogP contribution in [0.5, 0.6) is 5.75 Å². The van der Waals surface area contributed by atoms with E-state index in [0.29, 0.717) is 6.54 Å². The van der Waals surface area contributed by atoms with Gasteiger partial charge in [-0.05, 0) is 36.6 Å². The van der Waals surface area contributed by atoms with Gasteiger partial charge in [-0.3, -0.25) is 0 Å². The first-order valence-electron chi connectivity index (χ1n) is 6.60. The van der Waals surface area contributed by atoms with Crippen LogP contribution < -0.4 is 9.64 Å². The van der Waals surface area contributed by atoms with Gasteiger partial charge in [0, 0.05) is 25.9 Å². The number of anilines is 1. The Morgan fingerprint density at radius 2 is 2.20 bits per heavy atom. The van der Waals surface area contributed by atoms with Gasteiger partial charge in [0.2, 0.25) is 0 Å². The number of hydrogen-bond donors (Lipinski definition) is 1. The summed E-state index contributed by atoms with van der Waals surface area (Å²) in [7, 11) is 1.54. The number of methoxy groups -OCH3 is 1. The number of ether oxygens (including phenoxy) is 2. The molecular formula is C14H19F2NO3. The predicted molar refractivity (Wildman–Crippen MR) is 71.5 cm³/mol. The number of halogens is 2. The zero-order chi connectivity index (χ0) is 14.5. The molecule has 0 radical (unpaired) electrons. The zero-order valence-electron chi connectivity index (χ0n) is 11.4. The van der Waals surface area contributed by atoms with Crippen LogP contribution in [0.25, 0.3) is 0 Å². The second kappa shape index (κ2) is 6.85. The SMILES string of the molecule is COC[C@H](O)CN1CCCc2cc(OC(F)F)ccc21. The van der Waals surface area contributed by atoms with Crippen molar-refractivity contribution in [2.24, 2.45) is 0 Å². The smallest absolute Gasteiger partial charge is 0.387 e. The highest BCUT2D eigenvalue weighted by molar-refractivity contribution is 5.58. The molecule has 0 fully saturated rings. The first-order chi connectivity index (χ1) is 9.60. The minimum Gasteiger partial charge on any atom is -0.435 e. The summed E-state index contributed by atoms with van der Waals surface area (Å²) in [6.45, 7) is -1.23. The lowest BCUT2D eigenvalue weighted by Crippen LogP contribution is -2.38. The summed E-state index contributed by atoms with van der Waals surface area (Å²) in [6, 6.07) is 4.95. The Morgan fingerprint density at radius 3 is 2.90 bits per heavy atom.